The van der Waals surface area contributed by atoms with E-state index in [0.717, 1.165) is 18.7 Å². The van der Waals surface area contributed by atoms with Gasteiger partial charge in [0, 0.05) is 6.54 Å². The van der Waals surface area contributed by atoms with Crippen molar-refractivity contribution in [3.05, 3.63) is 29.8 Å². The van der Waals surface area contributed by atoms with Crippen LogP contribution in [0.1, 0.15) is 24.8 Å². The molecule has 0 bridgehead atoms. The molecule has 1 aromatic rings. The van der Waals surface area contributed by atoms with Crippen molar-refractivity contribution in [3.8, 4) is 5.75 Å². The highest BCUT2D eigenvalue weighted by molar-refractivity contribution is 5.74. The van der Waals surface area contributed by atoms with Crippen LogP contribution in [0.3, 0.4) is 0 Å². The van der Waals surface area contributed by atoms with E-state index in [0.29, 0.717) is 13.2 Å². The lowest BCUT2D eigenvalue weighted by Crippen LogP contribution is -2.40. The lowest BCUT2D eigenvalue weighted by atomic mass is 9.81. The minimum atomic E-state index is -0.101. The maximum atomic E-state index is 12.0. The summed E-state index contributed by atoms with van der Waals surface area (Å²) in [5, 5.41) is 3.27. The van der Waals surface area contributed by atoms with Crippen molar-refractivity contribution in [2.24, 2.45) is 5.92 Å². The molecule has 19 heavy (non-hydrogen) atoms. The lowest BCUT2D eigenvalue weighted by molar-refractivity contribution is -0.149. The van der Waals surface area contributed by atoms with Crippen molar-refractivity contribution in [1.29, 1.82) is 0 Å². The SMILES string of the molecule is CCOC(=O)[C@@H]1CNCC[C@@H]1c1ccc(OC)cc1. The minimum Gasteiger partial charge on any atom is -0.497 e. The Balaban J connectivity index is 2.15. The third-order valence-electron chi connectivity index (χ3n) is 3.62. The molecule has 0 amide bonds. The summed E-state index contributed by atoms with van der Waals surface area (Å²) in [5.74, 6) is 0.870. The number of carbonyl (C=O) groups excluding carboxylic acids is 1. The van der Waals surface area contributed by atoms with Gasteiger partial charge in [-0.2, -0.15) is 0 Å². The van der Waals surface area contributed by atoms with Crippen LogP contribution in [0.25, 0.3) is 0 Å². The summed E-state index contributed by atoms with van der Waals surface area (Å²) in [7, 11) is 1.65. The predicted molar refractivity (Wildman–Crippen MR) is 73.3 cm³/mol. The molecule has 1 fully saturated rings. The van der Waals surface area contributed by atoms with Gasteiger partial charge in [0.2, 0.25) is 0 Å². The van der Waals surface area contributed by atoms with E-state index in [1.54, 1.807) is 7.11 Å². The van der Waals surface area contributed by atoms with Gasteiger partial charge in [0.15, 0.2) is 0 Å². The fraction of sp³-hybridized carbons (Fsp3) is 0.533. The summed E-state index contributed by atoms with van der Waals surface area (Å²) in [5.41, 5.74) is 1.18. The van der Waals surface area contributed by atoms with E-state index in [1.807, 2.05) is 31.2 Å². The number of esters is 1. The third kappa shape index (κ3) is 3.26. The van der Waals surface area contributed by atoms with Crippen molar-refractivity contribution in [2.75, 3.05) is 26.8 Å². The molecule has 0 spiro atoms. The van der Waals surface area contributed by atoms with E-state index in [1.165, 1.54) is 5.56 Å². The van der Waals surface area contributed by atoms with E-state index in [4.69, 9.17) is 9.47 Å². The highest BCUT2D eigenvalue weighted by Crippen LogP contribution is 2.32. The summed E-state index contributed by atoms with van der Waals surface area (Å²) in [6.45, 7) is 3.91. The Labute approximate surface area is 114 Å². The molecule has 4 heteroatoms. The molecule has 1 N–H and O–H groups in total. The number of hydrogen-bond donors (Lipinski definition) is 1. The summed E-state index contributed by atoms with van der Waals surface area (Å²) in [4.78, 5) is 12.0. The van der Waals surface area contributed by atoms with Gasteiger partial charge in [-0.1, -0.05) is 12.1 Å². The summed E-state index contributed by atoms with van der Waals surface area (Å²) in [6.07, 6.45) is 0.954. The Hall–Kier alpha value is -1.55. The zero-order valence-electron chi connectivity index (χ0n) is 11.5. The number of nitrogens with one attached hydrogen (secondary N) is 1. The molecule has 1 saturated heterocycles. The molecule has 1 heterocycles. The average molecular weight is 263 g/mol. The summed E-state index contributed by atoms with van der Waals surface area (Å²) < 4.78 is 10.3. The number of rotatable bonds is 4. The second kappa shape index (κ2) is 6.57. The number of carbonyl (C=O) groups is 1. The van der Waals surface area contributed by atoms with Gasteiger partial charge in [0.25, 0.3) is 0 Å². The van der Waals surface area contributed by atoms with Crippen LogP contribution in [-0.2, 0) is 9.53 Å². The molecule has 0 radical (unpaired) electrons. The molecule has 0 aromatic heterocycles. The van der Waals surface area contributed by atoms with Crippen LogP contribution in [-0.4, -0.2) is 32.8 Å². The Morgan fingerprint density at radius 1 is 1.37 bits per heavy atom. The van der Waals surface area contributed by atoms with Crippen molar-refractivity contribution in [3.63, 3.8) is 0 Å². The second-order valence-corrected chi connectivity index (χ2v) is 4.73. The molecule has 1 aliphatic heterocycles. The van der Waals surface area contributed by atoms with Crippen LogP contribution in [0.15, 0.2) is 24.3 Å². The Morgan fingerprint density at radius 3 is 2.74 bits per heavy atom. The first-order valence-electron chi connectivity index (χ1n) is 6.77. The molecule has 104 valence electrons. The zero-order valence-corrected chi connectivity index (χ0v) is 11.5. The molecule has 1 aliphatic rings. The molecule has 4 nitrogen and oxygen atoms in total. The lowest BCUT2D eigenvalue weighted by Gasteiger charge is -2.30. The Bertz CT molecular complexity index is 416. The van der Waals surface area contributed by atoms with Crippen LogP contribution in [0.5, 0.6) is 5.75 Å². The molecular weight excluding hydrogens is 242 g/mol. The molecule has 0 saturated carbocycles. The fourth-order valence-electron chi connectivity index (χ4n) is 2.61. The van der Waals surface area contributed by atoms with Gasteiger partial charge in [-0.25, -0.2) is 0 Å². The van der Waals surface area contributed by atoms with E-state index in [2.05, 4.69) is 5.32 Å². The first-order chi connectivity index (χ1) is 9.26. The number of ether oxygens (including phenoxy) is 2. The highest BCUT2D eigenvalue weighted by Gasteiger charge is 2.32. The maximum Gasteiger partial charge on any atom is 0.310 e. The van der Waals surface area contributed by atoms with Crippen molar-refractivity contribution >= 4 is 5.97 Å². The summed E-state index contributed by atoms with van der Waals surface area (Å²) >= 11 is 0. The normalized spacial score (nSPS) is 22.8. The number of methoxy groups -OCH3 is 1. The highest BCUT2D eigenvalue weighted by atomic mass is 16.5. The monoisotopic (exact) mass is 263 g/mol. The fourth-order valence-corrected chi connectivity index (χ4v) is 2.61. The zero-order chi connectivity index (χ0) is 13.7. The van der Waals surface area contributed by atoms with Gasteiger partial charge in [-0.15, -0.1) is 0 Å². The smallest absolute Gasteiger partial charge is 0.310 e. The predicted octanol–water partition coefficient (Wildman–Crippen LogP) is 1.95. The Kier molecular flexibility index (Phi) is 4.80. The van der Waals surface area contributed by atoms with Crippen LogP contribution in [0, 0.1) is 5.92 Å². The maximum absolute atomic E-state index is 12.0. The van der Waals surface area contributed by atoms with E-state index >= 15 is 0 Å². The van der Waals surface area contributed by atoms with Crippen LogP contribution < -0.4 is 10.1 Å². The van der Waals surface area contributed by atoms with Gasteiger partial charge in [-0.05, 0) is 43.5 Å². The van der Waals surface area contributed by atoms with Gasteiger partial charge in [0.1, 0.15) is 5.75 Å². The van der Waals surface area contributed by atoms with Gasteiger partial charge < -0.3 is 14.8 Å². The van der Waals surface area contributed by atoms with E-state index in [-0.39, 0.29) is 17.8 Å². The molecular formula is C15H21NO3. The second-order valence-electron chi connectivity index (χ2n) is 4.73. The number of piperidine rings is 1. The van der Waals surface area contributed by atoms with Crippen LogP contribution in [0.2, 0.25) is 0 Å². The molecule has 1 aromatic carbocycles. The van der Waals surface area contributed by atoms with Crippen molar-refractivity contribution in [1.82, 2.24) is 5.32 Å². The molecule has 0 aliphatic carbocycles. The van der Waals surface area contributed by atoms with Gasteiger partial charge in [0.05, 0.1) is 19.6 Å². The van der Waals surface area contributed by atoms with Gasteiger partial charge >= 0.3 is 5.97 Å². The molecule has 0 unspecified atom stereocenters. The van der Waals surface area contributed by atoms with E-state index < -0.39 is 0 Å². The number of benzene rings is 1. The topological polar surface area (TPSA) is 47.6 Å². The van der Waals surface area contributed by atoms with Crippen LogP contribution >= 0.6 is 0 Å². The quantitative estimate of drug-likeness (QED) is 0.844. The number of hydrogen-bond acceptors (Lipinski definition) is 4. The van der Waals surface area contributed by atoms with Gasteiger partial charge in [-0.3, -0.25) is 4.79 Å². The minimum absolute atomic E-state index is 0.0953. The average Bonchev–Trinajstić information content (AvgIpc) is 2.47. The summed E-state index contributed by atoms with van der Waals surface area (Å²) in [6, 6.07) is 7.97. The van der Waals surface area contributed by atoms with Crippen LogP contribution in [0.4, 0.5) is 0 Å². The van der Waals surface area contributed by atoms with E-state index in [9.17, 15) is 4.79 Å². The first kappa shape index (κ1) is 13.9. The Morgan fingerprint density at radius 2 is 2.11 bits per heavy atom. The largest absolute Gasteiger partial charge is 0.497 e. The van der Waals surface area contributed by atoms with Crippen molar-refractivity contribution in [2.45, 2.75) is 19.3 Å². The standard InChI is InChI=1S/C15H21NO3/c1-3-19-15(17)14-10-16-9-8-13(14)11-4-6-12(18-2)7-5-11/h4-7,13-14,16H,3,8-10H2,1-2H3/t13-,14-/m1/s1. The first-order valence-corrected chi connectivity index (χ1v) is 6.77. The molecule has 2 atom stereocenters. The molecule has 2 rings (SSSR count). The van der Waals surface area contributed by atoms with Crippen molar-refractivity contribution < 1.29 is 14.3 Å². The third-order valence-corrected chi connectivity index (χ3v) is 3.62.